The third-order valence-corrected chi connectivity index (χ3v) is 9.97. The fourth-order valence-corrected chi connectivity index (χ4v) is 8.01. The fourth-order valence-electron chi connectivity index (χ4n) is 8.01. The number of rotatable bonds is 6. The number of amides is 1. The summed E-state index contributed by atoms with van der Waals surface area (Å²) in [6.45, 7) is 1.98. The molecule has 1 saturated heterocycles. The highest BCUT2D eigenvalue weighted by molar-refractivity contribution is 5.77. The number of likely N-dealkylation sites (N-methyl/N-ethyl adjacent to an activating group) is 1. The lowest BCUT2D eigenvalue weighted by atomic mass is 9.48. The predicted molar refractivity (Wildman–Crippen MR) is 134 cm³/mol. The Kier molecular flexibility index (Phi) is 4.97. The van der Waals surface area contributed by atoms with Gasteiger partial charge in [0.15, 0.2) is 11.5 Å². The lowest BCUT2D eigenvalue weighted by molar-refractivity contribution is -0.200. The summed E-state index contributed by atoms with van der Waals surface area (Å²) in [5, 5.41) is 23.4. The van der Waals surface area contributed by atoms with Gasteiger partial charge in [-0.05, 0) is 80.7 Å². The van der Waals surface area contributed by atoms with E-state index in [4.69, 9.17) is 4.74 Å². The first-order chi connectivity index (χ1) is 17.4. The molecule has 3 fully saturated rings. The minimum Gasteiger partial charge on any atom is -0.504 e. The van der Waals surface area contributed by atoms with E-state index in [1.165, 1.54) is 18.4 Å². The molecule has 0 unspecified atom stereocenters. The van der Waals surface area contributed by atoms with Crippen molar-refractivity contribution in [1.82, 2.24) is 14.8 Å². The van der Waals surface area contributed by atoms with E-state index in [9.17, 15) is 15.0 Å². The molecular formula is C29H35N3O4. The van der Waals surface area contributed by atoms with Crippen molar-refractivity contribution < 1.29 is 19.7 Å². The number of phenols is 1. The Labute approximate surface area is 212 Å². The Morgan fingerprint density at radius 3 is 2.89 bits per heavy atom. The average Bonchev–Trinajstić information content (AvgIpc) is 3.63. The zero-order valence-corrected chi connectivity index (χ0v) is 20.9. The number of ether oxygens (including phenoxy) is 1. The summed E-state index contributed by atoms with van der Waals surface area (Å²) in [7, 11) is 1.88. The van der Waals surface area contributed by atoms with Crippen molar-refractivity contribution >= 4 is 5.91 Å². The second-order valence-corrected chi connectivity index (χ2v) is 11.8. The van der Waals surface area contributed by atoms with E-state index in [1.54, 1.807) is 12.3 Å². The van der Waals surface area contributed by atoms with Gasteiger partial charge in [0.2, 0.25) is 5.91 Å². The lowest BCUT2D eigenvalue weighted by Crippen LogP contribution is -2.78. The topological polar surface area (TPSA) is 86.1 Å². The average molecular weight is 490 g/mol. The molecule has 7 rings (SSSR count). The van der Waals surface area contributed by atoms with Gasteiger partial charge >= 0.3 is 0 Å². The van der Waals surface area contributed by atoms with Crippen molar-refractivity contribution in [3.63, 3.8) is 0 Å². The van der Waals surface area contributed by atoms with Crippen LogP contribution < -0.4 is 4.74 Å². The van der Waals surface area contributed by atoms with Crippen LogP contribution in [0.4, 0.5) is 0 Å². The van der Waals surface area contributed by atoms with Crippen molar-refractivity contribution in [1.29, 1.82) is 0 Å². The third kappa shape index (κ3) is 3.05. The van der Waals surface area contributed by atoms with Gasteiger partial charge in [0, 0.05) is 44.0 Å². The Morgan fingerprint density at radius 1 is 1.25 bits per heavy atom. The van der Waals surface area contributed by atoms with E-state index in [2.05, 4.69) is 9.88 Å². The first-order valence-electron chi connectivity index (χ1n) is 13.6. The highest BCUT2D eigenvalue weighted by Gasteiger charge is 2.73. The number of likely N-dealkylation sites (tertiary alicyclic amines) is 1. The summed E-state index contributed by atoms with van der Waals surface area (Å²) in [6.07, 6.45) is 9.73. The zero-order chi connectivity index (χ0) is 24.7. The quantitative estimate of drug-likeness (QED) is 0.649. The molecule has 2 aliphatic heterocycles. The summed E-state index contributed by atoms with van der Waals surface area (Å²) < 4.78 is 6.62. The number of aryl methyl sites for hydroxylation is 1. The lowest BCUT2D eigenvalue weighted by Gasteiger charge is -2.64. The number of carbonyl (C=O) groups is 1. The van der Waals surface area contributed by atoms with E-state index >= 15 is 0 Å². The molecule has 1 aromatic carbocycles. The maximum Gasteiger partial charge on any atom is 0.223 e. The molecule has 0 radical (unpaired) electrons. The number of nitrogens with zero attached hydrogens (tertiary/aromatic N) is 3. The monoisotopic (exact) mass is 489 g/mol. The van der Waals surface area contributed by atoms with Gasteiger partial charge in [0.1, 0.15) is 6.10 Å². The highest BCUT2D eigenvalue weighted by atomic mass is 16.5. The van der Waals surface area contributed by atoms with Crippen molar-refractivity contribution in [3.8, 4) is 11.5 Å². The smallest absolute Gasteiger partial charge is 0.223 e. The second kappa shape index (κ2) is 7.93. The van der Waals surface area contributed by atoms with Crippen LogP contribution in [0.3, 0.4) is 0 Å². The molecule has 1 spiro atoms. The van der Waals surface area contributed by atoms with Gasteiger partial charge in [-0.3, -0.25) is 14.7 Å². The molecule has 2 N–H and O–H groups in total. The molecule has 36 heavy (non-hydrogen) atoms. The molecule has 1 amide bonds. The van der Waals surface area contributed by atoms with Gasteiger partial charge in [0.05, 0.1) is 17.1 Å². The highest BCUT2D eigenvalue weighted by Crippen LogP contribution is 2.66. The third-order valence-electron chi connectivity index (χ3n) is 9.97. The Bertz CT molecular complexity index is 1200. The molecule has 190 valence electrons. The largest absolute Gasteiger partial charge is 0.504 e. The Hall–Kier alpha value is -2.64. The minimum atomic E-state index is -0.924. The molecule has 5 aliphatic rings. The van der Waals surface area contributed by atoms with Crippen molar-refractivity contribution in [2.45, 2.75) is 80.6 Å². The SMILES string of the molecule is CN(C(=O)CCc1cccnc1)[C@@H]1CC[C@@]2(O)[C@H]3Cc4ccc(O)c5c4[C@@]2(CCN3CC2CC2)[C@H]1O5. The molecule has 5 atom stereocenters. The molecule has 7 nitrogen and oxygen atoms in total. The van der Waals surface area contributed by atoms with Crippen molar-refractivity contribution in [2.75, 3.05) is 20.1 Å². The minimum absolute atomic E-state index is 0.0495. The van der Waals surface area contributed by atoms with E-state index in [-0.39, 0.29) is 29.8 Å². The van der Waals surface area contributed by atoms with Crippen LogP contribution in [0, 0.1) is 5.92 Å². The second-order valence-electron chi connectivity index (χ2n) is 11.8. The molecule has 2 aromatic rings. The van der Waals surface area contributed by atoms with Crippen LogP contribution >= 0.6 is 0 Å². The predicted octanol–water partition coefficient (Wildman–Crippen LogP) is 2.81. The molecule has 2 bridgehead atoms. The van der Waals surface area contributed by atoms with Crippen LogP contribution in [0.15, 0.2) is 36.7 Å². The number of pyridine rings is 1. The van der Waals surface area contributed by atoms with E-state index in [1.807, 2.05) is 36.3 Å². The summed E-state index contributed by atoms with van der Waals surface area (Å²) in [5.41, 5.74) is 1.73. The normalized spacial score (nSPS) is 34.1. The van der Waals surface area contributed by atoms with Gasteiger partial charge in [-0.25, -0.2) is 0 Å². The van der Waals surface area contributed by atoms with E-state index < -0.39 is 11.0 Å². The number of carbonyl (C=O) groups excluding carboxylic acids is 1. The van der Waals surface area contributed by atoms with Crippen molar-refractivity contribution in [2.24, 2.45) is 5.92 Å². The number of hydrogen-bond acceptors (Lipinski definition) is 6. The Balaban J connectivity index is 1.23. The standard InChI is InChI=1S/C29H35N3O4/c1-31(24(34)9-6-18-3-2-13-30-16-18)21-10-11-29(35)23-15-20-7-8-22(33)26-25(20)28(29,27(21)36-26)12-14-32(23)17-19-4-5-19/h2-3,7-8,13,16,19,21,23,27,33,35H,4-6,9-12,14-15,17H2,1H3/t21-,23-,27+,28+,29-/m1/s1. The molecule has 3 aliphatic carbocycles. The van der Waals surface area contributed by atoms with E-state index in [0.717, 1.165) is 43.0 Å². The molecule has 1 aromatic heterocycles. The summed E-state index contributed by atoms with van der Waals surface area (Å²) in [4.78, 5) is 21.9. The van der Waals surface area contributed by atoms with Crippen LogP contribution in [-0.2, 0) is 23.1 Å². The number of aromatic nitrogens is 1. The van der Waals surface area contributed by atoms with Gasteiger partial charge in [-0.1, -0.05) is 12.1 Å². The zero-order valence-electron chi connectivity index (χ0n) is 20.9. The number of hydrogen-bond donors (Lipinski definition) is 2. The summed E-state index contributed by atoms with van der Waals surface area (Å²) in [6, 6.07) is 7.56. The molecule has 3 heterocycles. The van der Waals surface area contributed by atoms with Crippen LogP contribution in [0.1, 0.15) is 55.2 Å². The van der Waals surface area contributed by atoms with Gasteiger partial charge in [-0.2, -0.15) is 0 Å². The maximum atomic E-state index is 13.4. The molecule has 2 saturated carbocycles. The van der Waals surface area contributed by atoms with Crippen LogP contribution in [-0.4, -0.2) is 74.8 Å². The van der Waals surface area contributed by atoms with Crippen LogP contribution in [0.5, 0.6) is 11.5 Å². The maximum absolute atomic E-state index is 13.4. The molecule has 7 heteroatoms. The van der Waals surface area contributed by atoms with Gasteiger partial charge in [0.25, 0.3) is 0 Å². The number of phenolic OH excluding ortho intramolecular Hbond substituents is 1. The summed E-state index contributed by atoms with van der Waals surface area (Å²) in [5.74, 6) is 1.51. The first-order valence-corrected chi connectivity index (χ1v) is 13.6. The van der Waals surface area contributed by atoms with Crippen molar-refractivity contribution in [3.05, 3.63) is 53.3 Å². The number of piperidine rings is 1. The summed E-state index contributed by atoms with van der Waals surface area (Å²) >= 11 is 0. The van der Waals surface area contributed by atoms with Crippen LogP contribution in [0.25, 0.3) is 0 Å². The fraction of sp³-hybridized carbons (Fsp3) is 0.586. The Morgan fingerprint density at radius 2 is 2.11 bits per heavy atom. The first kappa shape index (κ1) is 22.5. The molecular weight excluding hydrogens is 454 g/mol. The van der Waals surface area contributed by atoms with Crippen LogP contribution in [0.2, 0.25) is 0 Å². The van der Waals surface area contributed by atoms with Gasteiger partial charge in [-0.15, -0.1) is 0 Å². The number of benzene rings is 1. The number of aromatic hydroxyl groups is 1. The number of aliphatic hydroxyl groups is 1. The van der Waals surface area contributed by atoms with Gasteiger partial charge < -0.3 is 19.8 Å². The van der Waals surface area contributed by atoms with E-state index in [0.29, 0.717) is 31.4 Å².